The fraction of sp³-hybridized carbons (Fsp3) is 0.233. The number of benzene rings is 2. The van der Waals surface area contributed by atoms with Crippen LogP contribution in [-0.2, 0) is 14.3 Å². The summed E-state index contributed by atoms with van der Waals surface area (Å²) in [6, 6.07) is 10.2. The maximum Gasteiger partial charge on any atom is 0.348 e. The van der Waals surface area contributed by atoms with Crippen molar-refractivity contribution >= 4 is 69.1 Å². The molecule has 0 unspecified atom stereocenters. The summed E-state index contributed by atoms with van der Waals surface area (Å²) in [7, 11) is 3.04. The molecule has 0 aliphatic rings. The minimum absolute atomic E-state index is 0.00755. The highest BCUT2D eigenvalue weighted by molar-refractivity contribution is 7.99. The van der Waals surface area contributed by atoms with E-state index in [1.807, 2.05) is 0 Å². The zero-order chi connectivity index (χ0) is 32.7. The largest absolute Gasteiger partial charge is 0.496 e. The summed E-state index contributed by atoms with van der Waals surface area (Å²) in [5.41, 5.74) is 1.57. The van der Waals surface area contributed by atoms with E-state index in [-0.39, 0.29) is 34.4 Å². The van der Waals surface area contributed by atoms with E-state index in [9.17, 15) is 14.4 Å². The molecular formula is C30H28Cl2N4O7S2. The lowest BCUT2D eigenvalue weighted by Gasteiger charge is -2.14. The standard InChI is InChI=1S/C30H28Cl2N4O7S2/c1-6-12-43-29(39)25-16(3)24(28(38)42-7-2)27(45-25)33-23(37)15-44-30-35-34-26(19-13-17(31)8-10-21(19)40-4)36(30)18-9-11-22(41-5)20(32)14-18/h6,8-11,13-14H,1,7,12,15H2,2-5H3,(H,33,37). The van der Waals surface area contributed by atoms with Crippen molar-refractivity contribution in [1.29, 1.82) is 0 Å². The second-order valence-electron chi connectivity index (χ2n) is 9.01. The average Bonchev–Trinajstić information content (AvgIpc) is 3.59. The molecule has 0 aliphatic carbocycles. The predicted molar refractivity (Wildman–Crippen MR) is 175 cm³/mol. The number of hydrogen-bond acceptors (Lipinski definition) is 11. The van der Waals surface area contributed by atoms with Gasteiger partial charge in [0, 0.05) is 5.02 Å². The lowest BCUT2D eigenvalue weighted by molar-refractivity contribution is -0.113. The summed E-state index contributed by atoms with van der Waals surface area (Å²) in [4.78, 5) is 38.8. The fourth-order valence-electron chi connectivity index (χ4n) is 4.16. The predicted octanol–water partition coefficient (Wildman–Crippen LogP) is 6.88. The van der Waals surface area contributed by atoms with Crippen molar-refractivity contribution < 1.29 is 33.3 Å². The SMILES string of the molecule is C=CCOC(=O)c1sc(NC(=O)CSc2nnc(-c3cc(Cl)ccc3OC)n2-c2ccc(OC)c(Cl)c2)c(C(=O)OCC)c1C. The Morgan fingerprint density at radius 1 is 1.04 bits per heavy atom. The molecule has 2 heterocycles. The van der Waals surface area contributed by atoms with Crippen LogP contribution in [0.1, 0.15) is 32.5 Å². The number of carbonyl (C=O) groups is 3. The van der Waals surface area contributed by atoms with Gasteiger partial charge in [0.1, 0.15) is 28.0 Å². The van der Waals surface area contributed by atoms with Gasteiger partial charge in [0.05, 0.1) is 48.4 Å². The second kappa shape index (κ2) is 15.3. The van der Waals surface area contributed by atoms with E-state index in [0.717, 1.165) is 23.1 Å². The van der Waals surface area contributed by atoms with Gasteiger partial charge in [0.15, 0.2) is 11.0 Å². The number of nitrogens with zero attached hydrogens (tertiary/aromatic N) is 3. The van der Waals surface area contributed by atoms with Gasteiger partial charge in [-0.1, -0.05) is 47.6 Å². The number of rotatable bonds is 13. The molecule has 0 fully saturated rings. The lowest BCUT2D eigenvalue weighted by atomic mass is 10.1. The number of anilines is 1. The summed E-state index contributed by atoms with van der Waals surface area (Å²) in [6.45, 7) is 6.89. The molecule has 0 saturated carbocycles. The van der Waals surface area contributed by atoms with E-state index in [4.69, 9.17) is 42.1 Å². The molecule has 1 amide bonds. The number of ether oxygens (including phenoxy) is 4. The summed E-state index contributed by atoms with van der Waals surface area (Å²) in [5, 5.41) is 12.8. The maximum absolute atomic E-state index is 13.2. The Kier molecular flexibility index (Phi) is 11.5. The van der Waals surface area contributed by atoms with E-state index in [1.165, 1.54) is 20.3 Å². The Bertz CT molecular complexity index is 1760. The minimum Gasteiger partial charge on any atom is -0.496 e. The Labute approximate surface area is 277 Å². The smallest absolute Gasteiger partial charge is 0.348 e. The first kappa shape index (κ1) is 33.8. The summed E-state index contributed by atoms with van der Waals surface area (Å²) in [6.07, 6.45) is 1.43. The molecule has 15 heteroatoms. The first-order valence-corrected chi connectivity index (χ1v) is 15.8. The Balaban J connectivity index is 1.67. The monoisotopic (exact) mass is 690 g/mol. The number of thioether (sulfide) groups is 1. The van der Waals surface area contributed by atoms with Gasteiger partial charge in [-0.15, -0.1) is 21.5 Å². The van der Waals surface area contributed by atoms with Crippen LogP contribution >= 0.6 is 46.3 Å². The number of nitrogens with one attached hydrogen (secondary N) is 1. The van der Waals surface area contributed by atoms with Crippen molar-refractivity contribution in [3.05, 3.63) is 75.1 Å². The lowest BCUT2D eigenvalue weighted by Crippen LogP contribution is -2.17. The van der Waals surface area contributed by atoms with Crippen molar-refractivity contribution in [2.24, 2.45) is 0 Å². The van der Waals surface area contributed by atoms with Gasteiger partial charge < -0.3 is 24.3 Å². The van der Waals surface area contributed by atoms with Gasteiger partial charge in [-0.3, -0.25) is 9.36 Å². The van der Waals surface area contributed by atoms with Gasteiger partial charge in [-0.25, -0.2) is 9.59 Å². The number of aromatic nitrogens is 3. The third kappa shape index (κ3) is 7.61. The van der Waals surface area contributed by atoms with Crippen molar-refractivity contribution in [1.82, 2.24) is 14.8 Å². The molecule has 0 saturated heterocycles. The highest BCUT2D eigenvalue weighted by atomic mass is 35.5. The molecule has 4 aromatic rings. The van der Waals surface area contributed by atoms with E-state index < -0.39 is 17.8 Å². The number of carbonyl (C=O) groups excluding carboxylic acids is 3. The number of thiophene rings is 1. The quantitative estimate of drug-likeness (QED) is 0.0900. The molecule has 2 aromatic carbocycles. The molecule has 0 radical (unpaired) electrons. The molecule has 2 aromatic heterocycles. The van der Waals surface area contributed by atoms with E-state index in [2.05, 4.69) is 22.1 Å². The van der Waals surface area contributed by atoms with E-state index in [0.29, 0.717) is 49.3 Å². The minimum atomic E-state index is -0.673. The van der Waals surface area contributed by atoms with Crippen molar-refractivity contribution in [3.63, 3.8) is 0 Å². The Morgan fingerprint density at radius 2 is 1.78 bits per heavy atom. The molecule has 0 aliphatic heterocycles. The van der Waals surface area contributed by atoms with E-state index >= 15 is 0 Å². The van der Waals surface area contributed by atoms with Crippen molar-refractivity contribution in [3.8, 4) is 28.6 Å². The normalized spacial score (nSPS) is 10.7. The van der Waals surface area contributed by atoms with Crippen LogP contribution in [0.3, 0.4) is 0 Å². The summed E-state index contributed by atoms with van der Waals surface area (Å²) in [5.74, 6) is -0.559. The van der Waals surface area contributed by atoms with Crippen LogP contribution in [0.25, 0.3) is 17.1 Å². The third-order valence-electron chi connectivity index (χ3n) is 6.16. The molecule has 45 heavy (non-hydrogen) atoms. The fourth-order valence-corrected chi connectivity index (χ4v) is 6.44. The van der Waals surface area contributed by atoms with Crippen LogP contribution in [0.2, 0.25) is 10.0 Å². The topological polar surface area (TPSA) is 131 Å². The first-order chi connectivity index (χ1) is 21.6. The second-order valence-corrected chi connectivity index (χ2v) is 11.8. The van der Waals surface area contributed by atoms with Gasteiger partial charge >= 0.3 is 11.9 Å². The number of methoxy groups -OCH3 is 2. The van der Waals surface area contributed by atoms with Crippen molar-refractivity contribution in [2.75, 3.05) is 38.5 Å². The number of hydrogen-bond donors (Lipinski definition) is 1. The van der Waals surface area contributed by atoms with Crippen LogP contribution < -0.4 is 14.8 Å². The first-order valence-electron chi connectivity index (χ1n) is 13.3. The number of halogens is 2. The van der Waals surface area contributed by atoms with Gasteiger partial charge in [0.2, 0.25) is 5.91 Å². The maximum atomic E-state index is 13.2. The Morgan fingerprint density at radius 3 is 2.44 bits per heavy atom. The molecule has 0 bridgehead atoms. The molecule has 11 nitrogen and oxygen atoms in total. The number of amides is 1. The third-order valence-corrected chi connectivity index (χ3v) is 8.81. The van der Waals surface area contributed by atoms with Crippen LogP contribution in [0, 0.1) is 6.92 Å². The zero-order valence-electron chi connectivity index (χ0n) is 24.6. The molecule has 4 rings (SSSR count). The molecule has 1 N–H and O–H groups in total. The summed E-state index contributed by atoms with van der Waals surface area (Å²) < 4.78 is 22.9. The average molecular weight is 692 g/mol. The van der Waals surface area contributed by atoms with Crippen LogP contribution in [0.4, 0.5) is 5.00 Å². The molecule has 236 valence electrons. The van der Waals surface area contributed by atoms with Crippen LogP contribution in [0.5, 0.6) is 11.5 Å². The Hall–Kier alpha value is -4.04. The molecular weight excluding hydrogens is 663 g/mol. The highest BCUT2D eigenvalue weighted by Gasteiger charge is 2.28. The summed E-state index contributed by atoms with van der Waals surface area (Å²) >= 11 is 14.8. The van der Waals surface area contributed by atoms with Crippen molar-refractivity contribution in [2.45, 2.75) is 19.0 Å². The highest BCUT2D eigenvalue weighted by Crippen LogP contribution is 2.38. The van der Waals surface area contributed by atoms with Crippen LogP contribution in [-0.4, -0.2) is 65.8 Å². The molecule has 0 atom stereocenters. The van der Waals surface area contributed by atoms with Gasteiger partial charge in [-0.05, 0) is 55.8 Å². The van der Waals surface area contributed by atoms with Gasteiger partial charge in [-0.2, -0.15) is 0 Å². The number of esters is 2. The van der Waals surface area contributed by atoms with Gasteiger partial charge in [0.25, 0.3) is 0 Å². The van der Waals surface area contributed by atoms with Crippen LogP contribution in [0.15, 0.2) is 54.2 Å². The zero-order valence-corrected chi connectivity index (χ0v) is 27.8. The van der Waals surface area contributed by atoms with E-state index in [1.54, 1.807) is 54.8 Å². The molecule has 0 spiro atoms.